The number of aromatic nitrogens is 1. The van der Waals surface area contributed by atoms with E-state index in [-0.39, 0.29) is 29.1 Å². The number of nitrogens with zero attached hydrogens (tertiary/aromatic N) is 1. The zero-order valence-electron chi connectivity index (χ0n) is 19.6. The highest BCUT2D eigenvalue weighted by Gasteiger charge is 2.36. The van der Waals surface area contributed by atoms with Crippen LogP contribution in [0, 0.1) is 0 Å². The largest absolute Gasteiger partial charge is 0.488 e. The molecule has 36 heavy (non-hydrogen) atoms. The number of hydrogen-bond donors (Lipinski definition) is 4. The molecule has 10 heteroatoms. The molecule has 0 radical (unpaired) electrons. The zero-order valence-corrected chi connectivity index (χ0v) is 19.6. The van der Waals surface area contributed by atoms with Crippen LogP contribution < -0.4 is 16.5 Å². The maximum Gasteiger partial charge on any atom is 0.488 e. The molecule has 2 aliphatic rings. The molecule has 188 valence electrons. The molecule has 5 N–H and O–H groups in total. The molecule has 0 aliphatic heterocycles. The summed E-state index contributed by atoms with van der Waals surface area (Å²) in [7, 11) is -1.59. The summed E-state index contributed by atoms with van der Waals surface area (Å²) in [5.74, 6) is 0.307. The van der Waals surface area contributed by atoms with Gasteiger partial charge in [0.25, 0.3) is 5.91 Å². The molecule has 2 saturated carbocycles. The second kappa shape index (κ2) is 9.40. The number of nitrogen functional groups attached to an aromatic ring is 1. The van der Waals surface area contributed by atoms with Crippen LogP contribution in [0.5, 0.6) is 0 Å². The lowest BCUT2D eigenvalue weighted by molar-refractivity contribution is -0.140. The van der Waals surface area contributed by atoms with Gasteiger partial charge in [-0.2, -0.15) is 13.2 Å². The van der Waals surface area contributed by atoms with Gasteiger partial charge in [-0.3, -0.25) is 4.79 Å². The Hall–Kier alpha value is -3.11. The quantitative estimate of drug-likeness (QED) is 0.401. The normalized spacial score (nSPS) is 20.4. The van der Waals surface area contributed by atoms with Gasteiger partial charge in [0, 0.05) is 22.7 Å². The number of fused-ring (bicyclic) bond motifs is 1. The summed E-state index contributed by atoms with van der Waals surface area (Å²) in [6.45, 7) is 0. The highest BCUT2D eigenvalue weighted by atomic mass is 19.4. The van der Waals surface area contributed by atoms with Crippen LogP contribution in [0.25, 0.3) is 10.9 Å². The van der Waals surface area contributed by atoms with Crippen LogP contribution in [0.3, 0.4) is 0 Å². The summed E-state index contributed by atoms with van der Waals surface area (Å²) < 4.78 is 40.0. The smallest absolute Gasteiger partial charge is 0.423 e. The van der Waals surface area contributed by atoms with Gasteiger partial charge in [0.15, 0.2) is 0 Å². The van der Waals surface area contributed by atoms with Crippen LogP contribution in [-0.4, -0.2) is 34.1 Å². The van der Waals surface area contributed by atoms with E-state index >= 15 is 0 Å². The van der Waals surface area contributed by atoms with E-state index in [4.69, 9.17) is 5.73 Å². The predicted octanol–water partition coefficient (Wildman–Crippen LogP) is 3.85. The van der Waals surface area contributed by atoms with Crippen molar-refractivity contribution in [2.45, 2.75) is 62.6 Å². The van der Waals surface area contributed by atoms with Crippen molar-refractivity contribution in [1.29, 1.82) is 0 Å². The molecular weight excluding hydrogens is 470 g/mol. The lowest BCUT2D eigenvalue weighted by Crippen LogP contribution is -2.37. The Morgan fingerprint density at radius 2 is 1.61 bits per heavy atom. The Labute approximate surface area is 206 Å². The van der Waals surface area contributed by atoms with E-state index in [1.54, 1.807) is 18.2 Å². The van der Waals surface area contributed by atoms with Crippen LogP contribution >= 0.6 is 0 Å². The van der Waals surface area contributed by atoms with Gasteiger partial charge in [-0.05, 0) is 91.2 Å². The summed E-state index contributed by atoms with van der Waals surface area (Å²) in [5, 5.41) is 22.1. The molecule has 2 aliphatic carbocycles. The molecule has 0 saturated heterocycles. The van der Waals surface area contributed by atoms with Crippen LogP contribution in [0.1, 0.15) is 77.5 Å². The number of carbonyl (C=O) groups excluding carboxylic acids is 1. The summed E-state index contributed by atoms with van der Waals surface area (Å²) in [4.78, 5) is 16.6. The van der Waals surface area contributed by atoms with Crippen LogP contribution in [0.4, 0.5) is 18.9 Å². The Balaban J connectivity index is 1.35. The number of pyridine rings is 1. The number of halogens is 3. The minimum absolute atomic E-state index is 0.0245. The highest BCUT2D eigenvalue weighted by Crippen LogP contribution is 2.49. The number of carbonyl (C=O) groups is 1. The van der Waals surface area contributed by atoms with Crippen molar-refractivity contribution in [3.8, 4) is 0 Å². The molecule has 1 amide bonds. The summed E-state index contributed by atoms with van der Waals surface area (Å²) in [6.07, 6.45) is 0.580. The zero-order chi connectivity index (χ0) is 25.6. The molecule has 0 bridgehead atoms. The van der Waals surface area contributed by atoms with Gasteiger partial charge >= 0.3 is 13.3 Å². The molecule has 2 aromatic carbocycles. The topological polar surface area (TPSA) is 108 Å². The number of rotatable bonds is 5. The molecule has 0 unspecified atom stereocenters. The number of anilines is 1. The third-order valence-corrected chi connectivity index (χ3v) is 7.33. The molecular formula is C26H27BF3N3O3. The van der Waals surface area contributed by atoms with Crippen molar-refractivity contribution in [1.82, 2.24) is 10.3 Å². The predicted molar refractivity (Wildman–Crippen MR) is 132 cm³/mol. The molecule has 0 atom stereocenters. The second-order valence-corrected chi connectivity index (χ2v) is 9.85. The van der Waals surface area contributed by atoms with Gasteiger partial charge in [-0.1, -0.05) is 18.2 Å². The number of nitrogens with two attached hydrogens (primary N) is 1. The minimum Gasteiger partial charge on any atom is -0.423 e. The molecule has 5 rings (SSSR count). The van der Waals surface area contributed by atoms with E-state index in [2.05, 4.69) is 10.3 Å². The SMILES string of the molecule is Nc1cc(C(F)(F)F)nc2ccc(C3CC3)c(C3CCC(NC(=O)c4ccc(B(O)O)cc4)CC3)c12. The standard InChI is InChI=1S/C26H27BF3N3O3/c28-26(29,30)22-13-20(31)24-21(33-22)12-11-19(14-1-2-14)23(24)15-5-9-18(10-6-15)32-25(34)16-3-7-17(8-4-16)27(35)36/h3-4,7-8,11-15,18,35-36H,1-2,5-6,9-10H2,(H2,31,33)(H,32,34). The van der Waals surface area contributed by atoms with E-state index in [0.717, 1.165) is 55.7 Å². The van der Waals surface area contributed by atoms with E-state index < -0.39 is 19.0 Å². The monoisotopic (exact) mass is 497 g/mol. The first-order valence-electron chi connectivity index (χ1n) is 12.2. The average Bonchev–Trinajstić information content (AvgIpc) is 3.69. The summed E-state index contributed by atoms with van der Waals surface area (Å²) >= 11 is 0. The first kappa shape index (κ1) is 24.6. The van der Waals surface area contributed by atoms with E-state index in [0.29, 0.717) is 22.3 Å². The molecule has 1 aromatic heterocycles. The first-order chi connectivity index (χ1) is 17.1. The Morgan fingerprint density at radius 1 is 0.972 bits per heavy atom. The first-order valence-corrected chi connectivity index (χ1v) is 12.2. The molecule has 0 spiro atoms. The fraction of sp³-hybridized carbons (Fsp3) is 0.385. The van der Waals surface area contributed by atoms with Crippen molar-refractivity contribution in [2.75, 3.05) is 5.73 Å². The van der Waals surface area contributed by atoms with Crippen molar-refractivity contribution >= 4 is 35.1 Å². The third-order valence-electron chi connectivity index (χ3n) is 7.33. The number of nitrogens with one attached hydrogen (secondary N) is 1. The van der Waals surface area contributed by atoms with Gasteiger partial charge in [0.2, 0.25) is 0 Å². The van der Waals surface area contributed by atoms with Gasteiger partial charge in [0.1, 0.15) is 5.69 Å². The highest BCUT2D eigenvalue weighted by molar-refractivity contribution is 6.58. The minimum atomic E-state index is -4.56. The maximum atomic E-state index is 13.3. The van der Waals surface area contributed by atoms with Gasteiger partial charge < -0.3 is 21.1 Å². The Kier molecular flexibility index (Phi) is 6.42. The average molecular weight is 497 g/mol. The summed E-state index contributed by atoms with van der Waals surface area (Å²) in [5.41, 5.74) is 8.54. The Morgan fingerprint density at radius 3 is 2.19 bits per heavy atom. The fourth-order valence-corrected chi connectivity index (χ4v) is 5.34. The van der Waals surface area contributed by atoms with E-state index in [1.165, 1.54) is 12.1 Å². The lowest BCUT2D eigenvalue weighted by Gasteiger charge is -2.31. The third kappa shape index (κ3) is 4.92. The van der Waals surface area contributed by atoms with Gasteiger partial charge in [-0.15, -0.1) is 0 Å². The van der Waals surface area contributed by atoms with Crippen molar-refractivity contribution in [2.24, 2.45) is 0 Å². The fourth-order valence-electron chi connectivity index (χ4n) is 5.34. The van der Waals surface area contributed by atoms with Crippen molar-refractivity contribution in [3.63, 3.8) is 0 Å². The maximum absolute atomic E-state index is 13.3. The van der Waals surface area contributed by atoms with Gasteiger partial charge in [-0.25, -0.2) is 4.98 Å². The van der Waals surface area contributed by atoms with Crippen molar-refractivity contribution < 1.29 is 28.0 Å². The molecule has 6 nitrogen and oxygen atoms in total. The summed E-state index contributed by atoms with van der Waals surface area (Å²) in [6, 6.07) is 10.6. The number of amides is 1. The lowest BCUT2D eigenvalue weighted by atomic mass is 9.77. The van der Waals surface area contributed by atoms with Crippen LogP contribution in [-0.2, 0) is 6.18 Å². The second-order valence-electron chi connectivity index (χ2n) is 9.85. The molecule has 2 fully saturated rings. The molecule has 1 heterocycles. The molecule has 3 aromatic rings. The number of benzene rings is 2. The van der Waals surface area contributed by atoms with Gasteiger partial charge in [0.05, 0.1) is 5.52 Å². The van der Waals surface area contributed by atoms with E-state index in [1.807, 2.05) is 6.07 Å². The van der Waals surface area contributed by atoms with Crippen LogP contribution in [0.15, 0.2) is 42.5 Å². The van der Waals surface area contributed by atoms with E-state index in [9.17, 15) is 28.0 Å². The van der Waals surface area contributed by atoms with Crippen LogP contribution in [0.2, 0.25) is 0 Å². The number of hydrogen-bond acceptors (Lipinski definition) is 5. The van der Waals surface area contributed by atoms with Crippen molar-refractivity contribution in [3.05, 3.63) is 64.8 Å². The Bertz CT molecular complexity index is 1290. The number of alkyl halides is 3.